The lowest BCUT2D eigenvalue weighted by Gasteiger charge is -2.49. The zero-order valence-electron chi connectivity index (χ0n) is 20.9. The van der Waals surface area contributed by atoms with E-state index in [1.807, 2.05) is 19.1 Å². The Kier molecular flexibility index (Phi) is 5.17. The van der Waals surface area contributed by atoms with Crippen molar-refractivity contribution >= 4 is 22.6 Å². The molecule has 2 aromatic heterocycles. The maximum Gasteiger partial charge on any atom is 0.275 e. The van der Waals surface area contributed by atoms with Crippen LogP contribution in [0.3, 0.4) is 0 Å². The number of benzene rings is 1. The number of H-pyrrole nitrogens is 1. The Balaban J connectivity index is 1.52. The van der Waals surface area contributed by atoms with Crippen LogP contribution in [0.2, 0.25) is 0 Å². The maximum absolute atomic E-state index is 15.5. The largest absolute Gasteiger partial charge is 0.349 e. The van der Waals surface area contributed by atoms with Crippen molar-refractivity contribution in [1.29, 1.82) is 5.26 Å². The molecular weight excluding hydrogens is 474 g/mol. The molecule has 0 radical (unpaired) electrons. The van der Waals surface area contributed by atoms with Gasteiger partial charge < -0.3 is 9.80 Å². The molecular formula is C28H28F2N6O. The van der Waals surface area contributed by atoms with Gasteiger partial charge in [-0.25, -0.2) is 13.8 Å². The van der Waals surface area contributed by atoms with E-state index in [0.29, 0.717) is 17.3 Å². The van der Waals surface area contributed by atoms with Gasteiger partial charge in [-0.1, -0.05) is 19.6 Å². The van der Waals surface area contributed by atoms with Crippen LogP contribution in [0.1, 0.15) is 35.7 Å². The number of amides is 1. The average Bonchev–Trinajstić information content (AvgIpc) is 3.43. The van der Waals surface area contributed by atoms with E-state index in [4.69, 9.17) is 4.98 Å². The molecule has 1 aromatic carbocycles. The zero-order valence-corrected chi connectivity index (χ0v) is 20.9. The van der Waals surface area contributed by atoms with Crippen LogP contribution < -0.4 is 4.90 Å². The minimum Gasteiger partial charge on any atom is -0.349 e. The number of hydrogen-bond donors (Lipinski definition) is 1. The summed E-state index contributed by atoms with van der Waals surface area (Å²) in [5.74, 6) is -2.64. The van der Waals surface area contributed by atoms with Gasteiger partial charge in [0.05, 0.1) is 23.7 Å². The molecule has 1 spiro atoms. The third-order valence-corrected chi connectivity index (χ3v) is 8.42. The molecule has 1 atom stereocenters. The molecule has 0 saturated carbocycles. The van der Waals surface area contributed by atoms with Gasteiger partial charge in [-0.15, -0.1) is 0 Å². The Bertz CT molecular complexity index is 1500. The summed E-state index contributed by atoms with van der Waals surface area (Å²) in [6, 6.07) is 6.31. The number of aromatic amines is 1. The van der Waals surface area contributed by atoms with Crippen LogP contribution in [-0.2, 0) is 17.6 Å². The summed E-state index contributed by atoms with van der Waals surface area (Å²) in [7, 11) is 0. The van der Waals surface area contributed by atoms with Gasteiger partial charge in [0.15, 0.2) is 0 Å². The van der Waals surface area contributed by atoms with Gasteiger partial charge in [0, 0.05) is 36.3 Å². The lowest BCUT2D eigenvalue weighted by atomic mass is 9.76. The molecule has 2 aliphatic heterocycles. The molecule has 2 saturated heterocycles. The van der Waals surface area contributed by atoms with Crippen LogP contribution in [-0.4, -0.2) is 58.1 Å². The topological polar surface area (TPSA) is 88.9 Å². The molecule has 7 nitrogen and oxygen atoms in total. The van der Waals surface area contributed by atoms with E-state index in [-0.39, 0.29) is 25.5 Å². The predicted molar refractivity (Wildman–Crippen MR) is 136 cm³/mol. The van der Waals surface area contributed by atoms with Crippen LogP contribution in [0.5, 0.6) is 0 Å². The molecule has 0 bridgehead atoms. The molecule has 3 aliphatic rings. The number of carbonyl (C=O) groups is 1. The summed E-state index contributed by atoms with van der Waals surface area (Å²) in [5.41, 5.74) is 4.43. The van der Waals surface area contributed by atoms with E-state index >= 15 is 8.78 Å². The van der Waals surface area contributed by atoms with Gasteiger partial charge >= 0.3 is 0 Å². The molecule has 1 aliphatic carbocycles. The summed E-state index contributed by atoms with van der Waals surface area (Å²) in [6.45, 7) is 7.06. The molecule has 190 valence electrons. The summed E-state index contributed by atoms with van der Waals surface area (Å²) >= 11 is 0. The van der Waals surface area contributed by atoms with Crippen molar-refractivity contribution in [1.82, 2.24) is 20.1 Å². The lowest BCUT2D eigenvalue weighted by Crippen LogP contribution is -2.65. The van der Waals surface area contributed by atoms with Crippen molar-refractivity contribution in [2.24, 2.45) is 11.3 Å². The lowest BCUT2D eigenvalue weighted by molar-refractivity contribution is -0.169. The number of aryl methyl sites for hydroxylation is 1. The minimum atomic E-state index is -3.02. The number of anilines is 1. The SMILES string of the molecule is C=CC(=O)N1CC2(C1)CN(c1nc3c(c(-c4c(C)ccc5[nH]ncc45)c1C#N)CCC(C)C3)CC2(F)F. The standard InChI is InChI=1S/C28H28F2N6O/c1-4-23(37)35-12-27(13-35)14-36(15-28(27,29)30)26-19(10-31)25(18-7-5-16(2)9-22(18)33-26)24-17(3)6-8-21-20(24)11-32-34-21/h4,6,8,11,16H,1,5,7,9,12-15H2,2-3H3,(H,32,34). The molecule has 1 amide bonds. The van der Waals surface area contributed by atoms with Gasteiger partial charge in [-0.2, -0.15) is 10.4 Å². The van der Waals surface area contributed by atoms with Gasteiger partial charge in [0.1, 0.15) is 17.5 Å². The smallest absolute Gasteiger partial charge is 0.275 e. The number of nitrogens with one attached hydrogen (secondary N) is 1. The quantitative estimate of drug-likeness (QED) is 0.537. The predicted octanol–water partition coefficient (Wildman–Crippen LogP) is 4.40. The number of rotatable bonds is 3. The number of likely N-dealkylation sites (tertiary alicyclic amines) is 1. The first-order chi connectivity index (χ1) is 17.7. The summed E-state index contributed by atoms with van der Waals surface area (Å²) in [6.07, 6.45) is 5.40. The molecule has 3 aromatic rings. The third kappa shape index (κ3) is 3.38. The minimum absolute atomic E-state index is 0.0330. The molecule has 1 unspecified atom stereocenters. The van der Waals surface area contributed by atoms with E-state index < -0.39 is 17.9 Å². The van der Waals surface area contributed by atoms with E-state index in [0.717, 1.165) is 64.2 Å². The number of pyridine rings is 1. The number of halogens is 2. The van der Waals surface area contributed by atoms with Gasteiger partial charge in [-0.05, 0) is 60.9 Å². The van der Waals surface area contributed by atoms with E-state index in [9.17, 15) is 10.1 Å². The Morgan fingerprint density at radius 1 is 1.27 bits per heavy atom. The number of hydrogen-bond acceptors (Lipinski definition) is 5. The molecule has 6 rings (SSSR count). The van der Waals surface area contributed by atoms with Crippen LogP contribution in [0, 0.1) is 29.6 Å². The average molecular weight is 503 g/mol. The number of nitriles is 1. The molecule has 9 heteroatoms. The second-order valence-electron chi connectivity index (χ2n) is 10.9. The molecule has 4 heterocycles. The fraction of sp³-hybridized carbons (Fsp3) is 0.429. The van der Waals surface area contributed by atoms with E-state index in [1.165, 1.54) is 4.90 Å². The van der Waals surface area contributed by atoms with Crippen LogP contribution >= 0.6 is 0 Å². The first kappa shape index (κ1) is 23.6. The molecule has 1 N–H and O–H groups in total. The fourth-order valence-corrected chi connectivity index (χ4v) is 6.38. The van der Waals surface area contributed by atoms with Crippen LogP contribution in [0.4, 0.5) is 14.6 Å². The first-order valence-corrected chi connectivity index (χ1v) is 12.6. The molecule has 2 fully saturated rings. The number of nitrogens with zero attached hydrogens (tertiary/aromatic N) is 5. The summed E-state index contributed by atoms with van der Waals surface area (Å²) in [4.78, 5) is 19.9. The second kappa shape index (κ2) is 8.10. The molecule has 37 heavy (non-hydrogen) atoms. The highest BCUT2D eigenvalue weighted by Crippen LogP contribution is 2.52. The van der Waals surface area contributed by atoms with Crippen LogP contribution in [0.15, 0.2) is 31.0 Å². The van der Waals surface area contributed by atoms with E-state index in [2.05, 4.69) is 29.8 Å². The Hall–Kier alpha value is -3.80. The van der Waals surface area contributed by atoms with Crippen molar-refractivity contribution in [3.8, 4) is 17.2 Å². The van der Waals surface area contributed by atoms with Gasteiger partial charge in [0.25, 0.3) is 5.92 Å². The number of carbonyl (C=O) groups excluding carboxylic acids is 1. The summed E-state index contributed by atoms with van der Waals surface area (Å²) in [5, 5.41) is 18.6. The highest BCUT2D eigenvalue weighted by atomic mass is 19.3. The van der Waals surface area contributed by atoms with Crippen molar-refractivity contribution in [2.45, 2.75) is 39.0 Å². The normalized spacial score (nSPS) is 21.5. The summed E-state index contributed by atoms with van der Waals surface area (Å²) < 4.78 is 31.0. The third-order valence-electron chi connectivity index (χ3n) is 8.42. The monoisotopic (exact) mass is 502 g/mol. The number of fused-ring (bicyclic) bond motifs is 2. The first-order valence-electron chi connectivity index (χ1n) is 12.6. The van der Waals surface area contributed by atoms with Crippen molar-refractivity contribution < 1.29 is 13.6 Å². The van der Waals surface area contributed by atoms with Crippen molar-refractivity contribution in [2.75, 3.05) is 31.1 Å². The van der Waals surface area contributed by atoms with Gasteiger partial charge in [0.2, 0.25) is 5.91 Å². The van der Waals surface area contributed by atoms with Gasteiger partial charge in [-0.3, -0.25) is 9.89 Å². The Morgan fingerprint density at radius 2 is 2.05 bits per heavy atom. The van der Waals surface area contributed by atoms with Crippen molar-refractivity contribution in [3.63, 3.8) is 0 Å². The fourth-order valence-electron chi connectivity index (χ4n) is 6.38. The zero-order chi connectivity index (χ0) is 26.1. The second-order valence-corrected chi connectivity index (χ2v) is 10.9. The number of alkyl halides is 2. The van der Waals surface area contributed by atoms with Crippen molar-refractivity contribution in [3.05, 3.63) is 53.4 Å². The highest BCUT2D eigenvalue weighted by Gasteiger charge is 2.66. The highest BCUT2D eigenvalue weighted by molar-refractivity contribution is 5.99. The Morgan fingerprint density at radius 3 is 2.78 bits per heavy atom. The van der Waals surface area contributed by atoms with Crippen LogP contribution in [0.25, 0.3) is 22.0 Å². The number of aromatic nitrogens is 3. The maximum atomic E-state index is 15.5. The van der Waals surface area contributed by atoms with E-state index in [1.54, 1.807) is 11.1 Å². The Labute approximate surface area is 213 Å².